The molecule has 1 amide bonds. The third-order valence-electron chi connectivity index (χ3n) is 4.05. The van der Waals surface area contributed by atoms with Crippen molar-refractivity contribution in [3.05, 3.63) is 0 Å². The molecule has 2 rings (SSSR count). The summed E-state index contributed by atoms with van der Waals surface area (Å²) in [7, 11) is 0. The summed E-state index contributed by atoms with van der Waals surface area (Å²) in [4.78, 5) is 14.4. The van der Waals surface area contributed by atoms with Gasteiger partial charge in [-0.15, -0.1) is 12.4 Å². The Kier molecular flexibility index (Phi) is 6.28. The summed E-state index contributed by atoms with van der Waals surface area (Å²) in [5, 5.41) is 3.33. The minimum Gasteiger partial charge on any atom is -0.342 e. The Hall–Kier alpha value is -0.280. The molecule has 0 aromatic heterocycles. The number of likely N-dealkylation sites (tertiary alicyclic amines) is 1. The standard InChI is InChI=1S/C13H24N2O.ClH/c1-2-11-5-4-8-15(10-11)13(16)12-6-3-7-14-9-12;/h11-12,14H,2-10H2,1H3;1H. The molecule has 2 atom stereocenters. The molecule has 17 heavy (non-hydrogen) atoms. The van der Waals surface area contributed by atoms with Crippen LogP contribution in [0.3, 0.4) is 0 Å². The van der Waals surface area contributed by atoms with E-state index in [1.165, 1.54) is 19.3 Å². The third kappa shape index (κ3) is 3.85. The van der Waals surface area contributed by atoms with Gasteiger partial charge in [-0.25, -0.2) is 0 Å². The summed E-state index contributed by atoms with van der Waals surface area (Å²) in [6, 6.07) is 0. The van der Waals surface area contributed by atoms with Crippen LogP contribution in [-0.2, 0) is 4.79 Å². The molecular weight excluding hydrogens is 236 g/mol. The van der Waals surface area contributed by atoms with E-state index >= 15 is 0 Å². The molecule has 2 heterocycles. The van der Waals surface area contributed by atoms with Crippen molar-refractivity contribution in [2.75, 3.05) is 26.2 Å². The van der Waals surface area contributed by atoms with E-state index in [0.29, 0.717) is 5.91 Å². The molecule has 0 spiro atoms. The predicted molar refractivity (Wildman–Crippen MR) is 72.4 cm³/mol. The third-order valence-corrected chi connectivity index (χ3v) is 4.05. The molecule has 0 aliphatic carbocycles. The zero-order valence-electron chi connectivity index (χ0n) is 10.8. The first-order chi connectivity index (χ1) is 7.81. The van der Waals surface area contributed by atoms with E-state index in [9.17, 15) is 4.79 Å². The van der Waals surface area contributed by atoms with Crippen molar-refractivity contribution in [3.8, 4) is 0 Å². The predicted octanol–water partition coefficient (Wildman–Crippen LogP) is 2.06. The zero-order valence-corrected chi connectivity index (χ0v) is 11.6. The largest absolute Gasteiger partial charge is 0.342 e. The quantitative estimate of drug-likeness (QED) is 0.824. The van der Waals surface area contributed by atoms with Crippen LogP contribution >= 0.6 is 12.4 Å². The number of piperidine rings is 2. The van der Waals surface area contributed by atoms with Crippen LogP contribution in [0.5, 0.6) is 0 Å². The number of carbonyl (C=O) groups is 1. The summed E-state index contributed by atoms with van der Waals surface area (Å²) in [5.41, 5.74) is 0. The first-order valence-electron chi connectivity index (χ1n) is 6.80. The molecule has 0 radical (unpaired) electrons. The van der Waals surface area contributed by atoms with E-state index in [1.807, 2.05) is 0 Å². The van der Waals surface area contributed by atoms with Crippen molar-refractivity contribution >= 4 is 18.3 Å². The van der Waals surface area contributed by atoms with Crippen molar-refractivity contribution in [1.82, 2.24) is 10.2 Å². The second kappa shape index (κ2) is 7.22. The normalized spacial score (nSPS) is 29.6. The Morgan fingerprint density at radius 1 is 1.35 bits per heavy atom. The molecule has 3 nitrogen and oxygen atoms in total. The number of amides is 1. The molecule has 2 fully saturated rings. The van der Waals surface area contributed by atoms with Crippen LogP contribution in [0.25, 0.3) is 0 Å². The highest BCUT2D eigenvalue weighted by atomic mass is 35.5. The number of nitrogens with one attached hydrogen (secondary N) is 1. The number of hydrogen-bond donors (Lipinski definition) is 1. The molecule has 4 heteroatoms. The molecule has 0 aromatic carbocycles. The second-order valence-electron chi connectivity index (χ2n) is 5.24. The summed E-state index contributed by atoms with van der Waals surface area (Å²) in [5.74, 6) is 1.41. The van der Waals surface area contributed by atoms with Gasteiger partial charge in [0.1, 0.15) is 0 Å². The van der Waals surface area contributed by atoms with Gasteiger partial charge in [0, 0.05) is 19.6 Å². The van der Waals surface area contributed by atoms with E-state index in [2.05, 4.69) is 17.1 Å². The molecule has 0 saturated carbocycles. The van der Waals surface area contributed by atoms with Gasteiger partial charge in [0.25, 0.3) is 0 Å². The second-order valence-corrected chi connectivity index (χ2v) is 5.24. The minimum atomic E-state index is 0. The molecule has 0 bridgehead atoms. The number of carbonyl (C=O) groups excluding carboxylic acids is 1. The van der Waals surface area contributed by atoms with Crippen LogP contribution in [0.4, 0.5) is 0 Å². The lowest BCUT2D eigenvalue weighted by atomic mass is 9.92. The van der Waals surface area contributed by atoms with Crippen molar-refractivity contribution in [3.63, 3.8) is 0 Å². The van der Waals surface area contributed by atoms with Gasteiger partial charge in [-0.2, -0.15) is 0 Å². The van der Waals surface area contributed by atoms with Crippen LogP contribution < -0.4 is 5.32 Å². The van der Waals surface area contributed by atoms with Crippen LogP contribution in [0.1, 0.15) is 39.0 Å². The molecular formula is C13H25ClN2O. The zero-order chi connectivity index (χ0) is 11.4. The van der Waals surface area contributed by atoms with Gasteiger partial charge in [0.2, 0.25) is 5.91 Å². The van der Waals surface area contributed by atoms with Crippen LogP contribution in [0, 0.1) is 11.8 Å². The van der Waals surface area contributed by atoms with Crippen molar-refractivity contribution < 1.29 is 4.79 Å². The van der Waals surface area contributed by atoms with Crippen molar-refractivity contribution in [2.24, 2.45) is 11.8 Å². The van der Waals surface area contributed by atoms with Crippen LogP contribution in [-0.4, -0.2) is 37.0 Å². The van der Waals surface area contributed by atoms with Crippen LogP contribution in [0.15, 0.2) is 0 Å². The van der Waals surface area contributed by atoms with Crippen molar-refractivity contribution in [2.45, 2.75) is 39.0 Å². The maximum atomic E-state index is 12.3. The Morgan fingerprint density at radius 3 is 2.82 bits per heavy atom. The fourth-order valence-corrected chi connectivity index (χ4v) is 2.92. The lowest BCUT2D eigenvalue weighted by molar-refractivity contribution is -0.137. The Balaban J connectivity index is 0.00000144. The summed E-state index contributed by atoms with van der Waals surface area (Å²) in [6.07, 6.45) is 5.96. The van der Waals surface area contributed by atoms with Gasteiger partial charge in [-0.05, 0) is 38.1 Å². The fourth-order valence-electron chi connectivity index (χ4n) is 2.92. The average molecular weight is 261 g/mol. The average Bonchev–Trinajstić information content (AvgIpc) is 2.39. The maximum Gasteiger partial charge on any atom is 0.226 e. The molecule has 2 unspecified atom stereocenters. The van der Waals surface area contributed by atoms with Gasteiger partial charge in [0.15, 0.2) is 0 Å². The summed E-state index contributed by atoms with van der Waals surface area (Å²) in [6.45, 7) is 6.21. The van der Waals surface area contributed by atoms with Gasteiger partial charge in [-0.1, -0.05) is 13.3 Å². The summed E-state index contributed by atoms with van der Waals surface area (Å²) >= 11 is 0. The fraction of sp³-hybridized carbons (Fsp3) is 0.923. The molecule has 2 aliphatic heterocycles. The summed E-state index contributed by atoms with van der Waals surface area (Å²) < 4.78 is 0. The Bertz CT molecular complexity index is 242. The minimum absolute atomic E-state index is 0. The van der Waals surface area contributed by atoms with Gasteiger partial charge in [-0.3, -0.25) is 4.79 Å². The van der Waals surface area contributed by atoms with Gasteiger partial charge in [0.05, 0.1) is 5.92 Å². The van der Waals surface area contributed by atoms with Gasteiger partial charge < -0.3 is 10.2 Å². The van der Waals surface area contributed by atoms with E-state index in [4.69, 9.17) is 0 Å². The highest BCUT2D eigenvalue weighted by Crippen LogP contribution is 2.22. The van der Waals surface area contributed by atoms with Gasteiger partial charge >= 0.3 is 0 Å². The monoisotopic (exact) mass is 260 g/mol. The van der Waals surface area contributed by atoms with E-state index in [-0.39, 0.29) is 18.3 Å². The lowest BCUT2D eigenvalue weighted by Gasteiger charge is -2.35. The smallest absolute Gasteiger partial charge is 0.226 e. The number of nitrogens with zero attached hydrogens (tertiary/aromatic N) is 1. The maximum absolute atomic E-state index is 12.3. The van der Waals surface area contributed by atoms with Crippen LogP contribution in [0.2, 0.25) is 0 Å². The number of hydrogen-bond acceptors (Lipinski definition) is 2. The highest BCUT2D eigenvalue weighted by molar-refractivity contribution is 5.85. The first-order valence-corrected chi connectivity index (χ1v) is 6.80. The van der Waals surface area contributed by atoms with Crippen molar-refractivity contribution in [1.29, 1.82) is 0 Å². The SMILES string of the molecule is CCC1CCCN(C(=O)C2CCCNC2)C1.Cl. The lowest BCUT2D eigenvalue weighted by Crippen LogP contribution is -2.46. The molecule has 1 N–H and O–H groups in total. The topological polar surface area (TPSA) is 32.3 Å². The highest BCUT2D eigenvalue weighted by Gasteiger charge is 2.28. The van der Waals surface area contributed by atoms with E-state index < -0.39 is 0 Å². The Morgan fingerprint density at radius 2 is 2.18 bits per heavy atom. The van der Waals surface area contributed by atoms with E-state index in [0.717, 1.165) is 44.9 Å². The number of halogens is 1. The number of rotatable bonds is 2. The molecule has 2 saturated heterocycles. The van der Waals surface area contributed by atoms with E-state index in [1.54, 1.807) is 0 Å². The molecule has 0 aromatic rings. The first kappa shape index (κ1) is 14.8. The molecule has 2 aliphatic rings. The molecule has 100 valence electrons. The Labute approximate surface area is 111 Å².